The van der Waals surface area contributed by atoms with E-state index in [1.807, 2.05) is 19.2 Å². The standard InChI is InChI=1S/C13H18BrN3O3/c1-8(12(18)17-13(19)16-3)20-11-5-4-9(7-15-2)6-10(11)14/h4-6,8,15H,7H2,1-3H3,(H2,16,17,18,19). The van der Waals surface area contributed by atoms with Gasteiger partial charge in [-0.05, 0) is 47.6 Å². The second-order valence-corrected chi connectivity index (χ2v) is 4.98. The number of hydrogen-bond donors (Lipinski definition) is 3. The van der Waals surface area contributed by atoms with Crippen molar-refractivity contribution in [2.24, 2.45) is 0 Å². The Morgan fingerprint density at radius 2 is 2.05 bits per heavy atom. The SMILES string of the molecule is CNCc1ccc(OC(C)C(=O)NC(=O)NC)c(Br)c1. The smallest absolute Gasteiger partial charge is 0.321 e. The van der Waals surface area contributed by atoms with E-state index >= 15 is 0 Å². The molecule has 1 aromatic carbocycles. The van der Waals surface area contributed by atoms with Gasteiger partial charge in [0.15, 0.2) is 6.10 Å². The number of halogens is 1. The first-order valence-corrected chi connectivity index (χ1v) is 6.89. The van der Waals surface area contributed by atoms with Gasteiger partial charge in [0.1, 0.15) is 5.75 Å². The van der Waals surface area contributed by atoms with Gasteiger partial charge in [0.2, 0.25) is 0 Å². The number of rotatable bonds is 5. The normalized spacial score (nSPS) is 11.6. The number of benzene rings is 1. The minimum Gasteiger partial charge on any atom is -0.480 e. The third kappa shape index (κ3) is 4.82. The molecular weight excluding hydrogens is 326 g/mol. The van der Waals surface area contributed by atoms with Crippen LogP contribution in [0.4, 0.5) is 4.79 Å². The molecule has 0 radical (unpaired) electrons. The van der Waals surface area contributed by atoms with Gasteiger partial charge in [-0.15, -0.1) is 0 Å². The molecule has 1 aromatic rings. The van der Waals surface area contributed by atoms with E-state index in [1.165, 1.54) is 7.05 Å². The molecule has 20 heavy (non-hydrogen) atoms. The maximum atomic E-state index is 11.7. The van der Waals surface area contributed by atoms with Crippen molar-refractivity contribution in [1.82, 2.24) is 16.0 Å². The Labute approximate surface area is 126 Å². The summed E-state index contributed by atoms with van der Waals surface area (Å²) in [6, 6.07) is 5.03. The summed E-state index contributed by atoms with van der Waals surface area (Å²) in [6.07, 6.45) is -0.779. The minimum atomic E-state index is -0.779. The maximum Gasteiger partial charge on any atom is 0.321 e. The first-order valence-electron chi connectivity index (χ1n) is 6.10. The predicted octanol–water partition coefficient (Wildman–Crippen LogP) is 1.39. The van der Waals surface area contributed by atoms with Crippen molar-refractivity contribution in [1.29, 1.82) is 0 Å². The van der Waals surface area contributed by atoms with E-state index in [0.717, 1.165) is 16.6 Å². The molecule has 1 rings (SSSR count). The molecule has 3 amide bonds. The number of amides is 3. The van der Waals surface area contributed by atoms with Crippen molar-refractivity contribution in [2.75, 3.05) is 14.1 Å². The van der Waals surface area contributed by atoms with Gasteiger partial charge in [-0.25, -0.2) is 4.79 Å². The van der Waals surface area contributed by atoms with Crippen LogP contribution in [0, 0.1) is 0 Å². The van der Waals surface area contributed by atoms with Crippen molar-refractivity contribution in [2.45, 2.75) is 19.6 Å². The van der Waals surface area contributed by atoms with E-state index in [1.54, 1.807) is 13.0 Å². The molecule has 0 bridgehead atoms. The number of carbonyl (C=O) groups is 2. The molecule has 0 spiro atoms. The summed E-state index contributed by atoms with van der Waals surface area (Å²) in [5.41, 5.74) is 1.09. The van der Waals surface area contributed by atoms with Crippen LogP contribution in [-0.4, -0.2) is 32.1 Å². The zero-order valence-corrected chi connectivity index (χ0v) is 13.2. The Balaban J connectivity index is 2.68. The highest BCUT2D eigenvalue weighted by Crippen LogP contribution is 2.26. The van der Waals surface area contributed by atoms with Gasteiger partial charge in [0.05, 0.1) is 4.47 Å². The quantitative estimate of drug-likeness (QED) is 0.754. The average molecular weight is 344 g/mol. The van der Waals surface area contributed by atoms with E-state index in [2.05, 4.69) is 31.9 Å². The lowest BCUT2D eigenvalue weighted by Gasteiger charge is -2.15. The fourth-order valence-electron chi connectivity index (χ4n) is 1.47. The van der Waals surface area contributed by atoms with Gasteiger partial charge in [-0.3, -0.25) is 10.1 Å². The molecule has 0 aromatic heterocycles. The third-order valence-corrected chi connectivity index (χ3v) is 3.13. The van der Waals surface area contributed by atoms with E-state index in [0.29, 0.717) is 5.75 Å². The highest BCUT2D eigenvalue weighted by Gasteiger charge is 2.17. The van der Waals surface area contributed by atoms with Gasteiger partial charge >= 0.3 is 6.03 Å². The zero-order chi connectivity index (χ0) is 15.1. The molecule has 0 aliphatic rings. The molecule has 7 heteroatoms. The van der Waals surface area contributed by atoms with Crippen LogP contribution in [0.1, 0.15) is 12.5 Å². The number of urea groups is 1. The number of hydrogen-bond acceptors (Lipinski definition) is 4. The van der Waals surface area contributed by atoms with Gasteiger partial charge in [0, 0.05) is 13.6 Å². The van der Waals surface area contributed by atoms with Crippen molar-refractivity contribution in [3.05, 3.63) is 28.2 Å². The third-order valence-electron chi connectivity index (χ3n) is 2.51. The van der Waals surface area contributed by atoms with Crippen LogP contribution in [0.5, 0.6) is 5.75 Å². The number of ether oxygens (including phenoxy) is 1. The summed E-state index contributed by atoms with van der Waals surface area (Å²) >= 11 is 3.40. The molecule has 0 heterocycles. The molecule has 1 atom stereocenters. The number of nitrogens with one attached hydrogen (secondary N) is 3. The zero-order valence-electron chi connectivity index (χ0n) is 11.6. The molecular formula is C13H18BrN3O3. The molecule has 0 fully saturated rings. The van der Waals surface area contributed by atoms with E-state index < -0.39 is 18.0 Å². The van der Waals surface area contributed by atoms with Gasteiger partial charge in [-0.2, -0.15) is 0 Å². The number of imide groups is 1. The fraction of sp³-hybridized carbons (Fsp3) is 0.385. The first-order chi connectivity index (χ1) is 9.47. The van der Waals surface area contributed by atoms with Crippen LogP contribution < -0.4 is 20.7 Å². The lowest BCUT2D eigenvalue weighted by Crippen LogP contribution is -2.44. The molecule has 6 nitrogen and oxygen atoms in total. The van der Waals surface area contributed by atoms with Gasteiger partial charge in [-0.1, -0.05) is 6.07 Å². The second kappa shape index (κ2) is 7.86. The summed E-state index contributed by atoms with van der Waals surface area (Å²) in [5, 5.41) is 7.51. The fourth-order valence-corrected chi connectivity index (χ4v) is 1.99. The van der Waals surface area contributed by atoms with Crippen molar-refractivity contribution in [3.63, 3.8) is 0 Å². The van der Waals surface area contributed by atoms with Crippen molar-refractivity contribution in [3.8, 4) is 5.75 Å². The maximum absolute atomic E-state index is 11.7. The van der Waals surface area contributed by atoms with Crippen LogP contribution in [0.3, 0.4) is 0 Å². The first kappa shape index (κ1) is 16.5. The van der Waals surface area contributed by atoms with Crippen LogP contribution in [0.2, 0.25) is 0 Å². The molecule has 3 N–H and O–H groups in total. The van der Waals surface area contributed by atoms with Crippen molar-refractivity contribution >= 4 is 27.9 Å². The number of carbonyl (C=O) groups excluding carboxylic acids is 2. The molecule has 1 unspecified atom stereocenters. The molecule has 0 aliphatic heterocycles. The topological polar surface area (TPSA) is 79.5 Å². The molecule has 0 aliphatic carbocycles. The molecule has 110 valence electrons. The summed E-state index contributed by atoms with van der Waals surface area (Å²) < 4.78 is 6.28. The lowest BCUT2D eigenvalue weighted by atomic mass is 10.2. The molecule has 0 saturated heterocycles. The second-order valence-electron chi connectivity index (χ2n) is 4.12. The van der Waals surface area contributed by atoms with E-state index in [4.69, 9.17) is 4.74 Å². The highest BCUT2D eigenvalue weighted by atomic mass is 79.9. The summed E-state index contributed by atoms with van der Waals surface area (Å²) in [4.78, 5) is 22.7. The van der Waals surface area contributed by atoms with E-state index in [9.17, 15) is 9.59 Å². The predicted molar refractivity (Wildman–Crippen MR) is 79.6 cm³/mol. The van der Waals surface area contributed by atoms with E-state index in [-0.39, 0.29) is 0 Å². The Kier molecular flexibility index (Phi) is 6.47. The van der Waals surface area contributed by atoms with Crippen LogP contribution >= 0.6 is 15.9 Å². The Bertz CT molecular complexity index is 494. The largest absolute Gasteiger partial charge is 0.480 e. The Morgan fingerprint density at radius 3 is 2.60 bits per heavy atom. The summed E-state index contributed by atoms with van der Waals surface area (Å²) in [7, 11) is 3.30. The minimum absolute atomic E-state index is 0.504. The van der Waals surface area contributed by atoms with Crippen LogP contribution in [-0.2, 0) is 11.3 Å². The van der Waals surface area contributed by atoms with Gasteiger partial charge in [0.25, 0.3) is 5.91 Å². The Hall–Kier alpha value is -1.60. The monoisotopic (exact) mass is 343 g/mol. The van der Waals surface area contributed by atoms with Crippen LogP contribution in [0.25, 0.3) is 0 Å². The summed E-state index contributed by atoms with van der Waals surface area (Å²) in [6.45, 7) is 2.32. The average Bonchev–Trinajstić information content (AvgIpc) is 2.41. The highest BCUT2D eigenvalue weighted by molar-refractivity contribution is 9.10. The van der Waals surface area contributed by atoms with Gasteiger partial charge < -0.3 is 15.4 Å². The lowest BCUT2D eigenvalue weighted by molar-refractivity contribution is -0.126. The van der Waals surface area contributed by atoms with Crippen molar-refractivity contribution < 1.29 is 14.3 Å². The van der Waals surface area contributed by atoms with Crippen LogP contribution in [0.15, 0.2) is 22.7 Å². The Morgan fingerprint density at radius 1 is 1.35 bits per heavy atom. The molecule has 0 saturated carbocycles. The summed E-state index contributed by atoms with van der Waals surface area (Å²) in [5.74, 6) is 0.0416.